The van der Waals surface area contributed by atoms with E-state index in [1.165, 1.54) is 24.5 Å². The van der Waals surface area contributed by atoms with Crippen LogP contribution in [0.15, 0.2) is 47.2 Å². The van der Waals surface area contributed by atoms with Crippen LogP contribution in [-0.2, 0) is 6.18 Å². The maximum atomic E-state index is 12.8. The minimum absolute atomic E-state index is 0.125. The van der Waals surface area contributed by atoms with Crippen molar-refractivity contribution in [2.24, 2.45) is 0 Å². The van der Waals surface area contributed by atoms with Gasteiger partial charge in [0, 0.05) is 22.4 Å². The SMILES string of the molecule is FC(F)(F)c1ccccc1-c1cnccc1Br. The number of alkyl halides is 3. The summed E-state index contributed by atoms with van der Waals surface area (Å²) < 4.78 is 39.1. The molecule has 1 heterocycles. The van der Waals surface area contributed by atoms with Crippen LogP contribution < -0.4 is 0 Å². The first-order valence-electron chi connectivity index (χ1n) is 4.76. The van der Waals surface area contributed by atoms with Gasteiger partial charge < -0.3 is 0 Å². The Balaban J connectivity index is 2.65. The van der Waals surface area contributed by atoms with Crippen molar-refractivity contribution in [1.29, 1.82) is 0 Å². The van der Waals surface area contributed by atoms with Gasteiger partial charge in [-0.25, -0.2) is 0 Å². The second-order valence-corrected chi connectivity index (χ2v) is 4.25. The largest absolute Gasteiger partial charge is 0.417 e. The number of hydrogen-bond donors (Lipinski definition) is 0. The van der Waals surface area contributed by atoms with Gasteiger partial charge in [-0.2, -0.15) is 13.2 Å². The van der Waals surface area contributed by atoms with Crippen molar-refractivity contribution >= 4 is 15.9 Å². The molecule has 0 atom stereocenters. The summed E-state index contributed by atoms with van der Waals surface area (Å²) in [6.07, 6.45) is -1.44. The molecule has 0 spiro atoms. The molecule has 5 heteroatoms. The second kappa shape index (κ2) is 4.49. The first-order valence-corrected chi connectivity index (χ1v) is 5.55. The Morgan fingerprint density at radius 2 is 1.71 bits per heavy atom. The zero-order valence-corrected chi connectivity index (χ0v) is 10.1. The van der Waals surface area contributed by atoms with E-state index in [2.05, 4.69) is 20.9 Å². The summed E-state index contributed by atoms with van der Waals surface area (Å²) in [6, 6.07) is 7.06. The van der Waals surface area contributed by atoms with Crippen LogP contribution in [0.5, 0.6) is 0 Å². The topological polar surface area (TPSA) is 12.9 Å². The highest BCUT2D eigenvalue weighted by atomic mass is 79.9. The van der Waals surface area contributed by atoms with Gasteiger partial charge in [0.25, 0.3) is 0 Å². The number of aromatic nitrogens is 1. The summed E-state index contributed by atoms with van der Waals surface area (Å²) in [7, 11) is 0. The molecule has 0 unspecified atom stereocenters. The highest BCUT2D eigenvalue weighted by molar-refractivity contribution is 9.10. The van der Waals surface area contributed by atoms with E-state index in [4.69, 9.17) is 0 Å². The van der Waals surface area contributed by atoms with Crippen molar-refractivity contribution in [1.82, 2.24) is 4.98 Å². The Morgan fingerprint density at radius 3 is 2.35 bits per heavy atom. The average Bonchev–Trinajstić information content (AvgIpc) is 2.28. The summed E-state index contributed by atoms with van der Waals surface area (Å²) in [6.45, 7) is 0. The maximum Gasteiger partial charge on any atom is 0.417 e. The fourth-order valence-electron chi connectivity index (χ4n) is 1.54. The monoisotopic (exact) mass is 301 g/mol. The molecule has 0 fully saturated rings. The fourth-order valence-corrected chi connectivity index (χ4v) is 1.98. The fraction of sp³-hybridized carbons (Fsp3) is 0.0833. The summed E-state index contributed by atoms with van der Waals surface area (Å²) in [5, 5.41) is 0. The normalized spacial score (nSPS) is 11.5. The molecule has 0 amide bonds. The Bertz CT molecular complexity index is 537. The van der Waals surface area contributed by atoms with E-state index in [9.17, 15) is 13.2 Å². The molecular weight excluding hydrogens is 295 g/mol. The van der Waals surface area contributed by atoms with Crippen LogP contribution in [-0.4, -0.2) is 4.98 Å². The van der Waals surface area contributed by atoms with Crippen molar-refractivity contribution in [3.05, 3.63) is 52.8 Å². The van der Waals surface area contributed by atoms with Gasteiger partial charge in [-0.1, -0.05) is 34.1 Å². The minimum Gasteiger partial charge on any atom is -0.264 e. The molecule has 17 heavy (non-hydrogen) atoms. The number of rotatable bonds is 1. The molecule has 0 aliphatic carbocycles. The van der Waals surface area contributed by atoms with E-state index in [-0.39, 0.29) is 5.56 Å². The molecule has 88 valence electrons. The second-order valence-electron chi connectivity index (χ2n) is 3.40. The molecular formula is C12H7BrF3N. The van der Waals surface area contributed by atoms with E-state index in [0.717, 1.165) is 6.07 Å². The molecule has 2 rings (SSSR count). The van der Waals surface area contributed by atoms with E-state index in [1.54, 1.807) is 12.1 Å². The van der Waals surface area contributed by atoms with Crippen molar-refractivity contribution in [2.75, 3.05) is 0 Å². The predicted molar refractivity (Wildman–Crippen MR) is 62.4 cm³/mol. The van der Waals surface area contributed by atoms with Crippen LogP contribution in [0.2, 0.25) is 0 Å². The van der Waals surface area contributed by atoms with Gasteiger partial charge in [0.1, 0.15) is 0 Å². The van der Waals surface area contributed by atoms with Crippen LogP contribution in [0.25, 0.3) is 11.1 Å². The summed E-state index contributed by atoms with van der Waals surface area (Å²) in [5.41, 5.74) is -0.103. The lowest BCUT2D eigenvalue weighted by molar-refractivity contribution is -0.137. The number of halogens is 4. The van der Waals surface area contributed by atoms with Crippen molar-refractivity contribution < 1.29 is 13.2 Å². The average molecular weight is 302 g/mol. The van der Waals surface area contributed by atoms with Gasteiger partial charge in [-0.15, -0.1) is 0 Å². The molecule has 1 nitrogen and oxygen atoms in total. The van der Waals surface area contributed by atoms with Gasteiger partial charge >= 0.3 is 6.18 Å². The van der Waals surface area contributed by atoms with Gasteiger partial charge in [-0.3, -0.25) is 4.98 Å². The van der Waals surface area contributed by atoms with Crippen LogP contribution in [0.3, 0.4) is 0 Å². The zero-order valence-electron chi connectivity index (χ0n) is 8.50. The third kappa shape index (κ3) is 2.49. The predicted octanol–water partition coefficient (Wildman–Crippen LogP) is 4.53. The molecule has 0 saturated carbocycles. The number of benzene rings is 1. The van der Waals surface area contributed by atoms with E-state index < -0.39 is 11.7 Å². The van der Waals surface area contributed by atoms with Crippen molar-refractivity contribution in [3.63, 3.8) is 0 Å². The lowest BCUT2D eigenvalue weighted by Crippen LogP contribution is -2.07. The van der Waals surface area contributed by atoms with Crippen LogP contribution in [0.1, 0.15) is 5.56 Å². The number of hydrogen-bond acceptors (Lipinski definition) is 1. The molecule has 0 aliphatic heterocycles. The summed E-state index contributed by atoms with van der Waals surface area (Å²) in [5.74, 6) is 0. The molecule has 0 radical (unpaired) electrons. The van der Waals surface area contributed by atoms with Gasteiger partial charge in [0.15, 0.2) is 0 Å². The number of pyridine rings is 1. The maximum absolute atomic E-state index is 12.8. The standard InChI is InChI=1S/C12H7BrF3N/c13-11-5-6-17-7-9(11)8-3-1-2-4-10(8)12(14,15)16/h1-7H. The van der Waals surface area contributed by atoms with Crippen molar-refractivity contribution in [2.45, 2.75) is 6.18 Å². The van der Waals surface area contributed by atoms with Gasteiger partial charge in [0.2, 0.25) is 0 Å². The molecule has 1 aromatic carbocycles. The van der Waals surface area contributed by atoms with Gasteiger partial charge in [0.05, 0.1) is 5.56 Å². The highest BCUT2D eigenvalue weighted by Gasteiger charge is 2.33. The Hall–Kier alpha value is -1.36. The third-order valence-electron chi connectivity index (χ3n) is 2.29. The molecule has 1 aromatic heterocycles. The molecule has 0 N–H and O–H groups in total. The summed E-state index contributed by atoms with van der Waals surface area (Å²) in [4.78, 5) is 3.85. The molecule has 0 saturated heterocycles. The van der Waals surface area contributed by atoms with E-state index >= 15 is 0 Å². The third-order valence-corrected chi connectivity index (χ3v) is 2.98. The highest BCUT2D eigenvalue weighted by Crippen LogP contribution is 2.38. The van der Waals surface area contributed by atoms with Crippen molar-refractivity contribution in [3.8, 4) is 11.1 Å². The quantitative estimate of drug-likeness (QED) is 0.754. The van der Waals surface area contributed by atoms with E-state index in [0.29, 0.717) is 10.0 Å². The smallest absolute Gasteiger partial charge is 0.264 e. The number of nitrogens with zero attached hydrogens (tertiary/aromatic N) is 1. The lowest BCUT2D eigenvalue weighted by Gasteiger charge is -2.13. The van der Waals surface area contributed by atoms with Crippen LogP contribution >= 0.6 is 15.9 Å². The minimum atomic E-state index is -4.37. The van der Waals surface area contributed by atoms with Crippen LogP contribution in [0, 0.1) is 0 Å². The van der Waals surface area contributed by atoms with E-state index in [1.807, 2.05) is 0 Å². The Morgan fingerprint density at radius 1 is 1.00 bits per heavy atom. The zero-order chi connectivity index (χ0) is 12.5. The lowest BCUT2D eigenvalue weighted by atomic mass is 10.0. The van der Waals surface area contributed by atoms with Crippen LogP contribution in [0.4, 0.5) is 13.2 Å². The molecule has 2 aromatic rings. The molecule has 0 aliphatic rings. The van der Waals surface area contributed by atoms with Gasteiger partial charge in [-0.05, 0) is 17.7 Å². The molecule has 0 bridgehead atoms. The summed E-state index contributed by atoms with van der Waals surface area (Å²) >= 11 is 3.23. The first kappa shape index (κ1) is 12.1. The Kier molecular flexibility index (Phi) is 3.19. The first-order chi connectivity index (χ1) is 8.00. The Labute approximate surface area is 104 Å².